The Morgan fingerprint density at radius 1 is 0.773 bits per heavy atom. The summed E-state index contributed by atoms with van der Waals surface area (Å²) in [5.41, 5.74) is 8.86. The van der Waals surface area contributed by atoms with Gasteiger partial charge in [0.25, 0.3) is 0 Å². The van der Waals surface area contributed by atoms with Crippen molar-refractivity contribution in [3.05, 3.63) is 71.8 Å². The standard InChI is InChI=1S/C37H54N6O/c38-35-29-36(43-26-24-42(25-27-43)23-11-12-28-44-34-17-9-4-10-18-34)41-37(40-35)39-30-33-21-19-32(20-22-33)16-6-2-1-5-13-31-14-7-3-8-15-31/h4,9-10,17-22,29,31H,1-3,5-8,11-16,23-28,30H2,(H3,38,39,40,41). The maximum atomic E-state index is 6.19. The average molecular weight is 599 g/mol. The molecule has 0 bridgehead atoms. The summed E-state index contributed by atoms with van der Waals surface area (Å²) < 4.78 is 5.83. The predicted molar refractivity (Wildman–Crippen MR) is 183 cm³/mol. The van der Waals surface area contributed by atoms with E-state index in [-0.39, 0.29) is 0 Å². The van der Waals surface area contributed by atoms with Crippen LogP contribution >= 0.6 is 0 Å². The smallest absolute Gasteiger partial charge is 0.226 e. The normalized spacial score (nSPS) is 16.2. The molecule has 0 radical (unpaired) electrons. The molecule has 5 rings (SSSR count). The molecule has 238 valence electrons. The quantitative estimate of drug-likeness (QED) is 0.154. The van der Waals surface area contributed by atoms with Crippen LogP contribution in [0.1, 0.15) is 88.2 Å². The molecule has 0 spiro atoms. The molecule has 1 aromatic heterocycles. The van der Waals surface area contributed by atoms with Gasteiger partial charge in [0.2, 0.25) is 5.95 Å². The second kappa shape index (κ2) is 17.8. The highest BCUT2D eigenvalue weighted by Gasteiger charge is 2.19. The number of nitrogen functional groups attached to an aromatic ring is 1. The summed E-state index contributed by atoms with van der Waals surface area (Å²) in [6.45, 7) is 6.50. The van der Waals surface area contributed by atoms with Gasteiger partial charge in [-0.1, -0.05) is 100 Å². The van der Waals surface area contributed by atoms with Gasteiger partial charge in [0.05, 0.1) is 6.61 Å². The number of hydrogen-bond acceptors (Lipinski definition) is 7. The summed E-state index contributed by atoms with van der Waals surface area (Å²) in [4.78, 5) is 14.1. The highest BCUT2D eigenvalue weighted by atomic mass is 16.5. The molecule has 1 aliphatic heterocycles. The van der Waals surface area contributed by atoms with Crippen molar-refractivity contribution in [2.45, 2.75) is 90.0 Å². The number of hydrogen-bond donors (Lipinski definition) is 2. The molecule has 3 N–H and O–H groups in total. The number of benzene rings is 2. The lowest BCUT2D eigenvalue weighted by Gasteiger charge is -2.35. The van der Waals surface area contributed by atoms with E-state index in [1.165, 1.54) is 81.8 Å². The van der Waals surface area contributed by atoms with Crippen LogP contribution in [0.4, 0.5) is 17.6 Å². The molecule has 44 heavy (non-hydrogen) atoms. The number of anilines is 3. The SMILES string of the molecule is Nc1cc(N2CCN(CCCCOc3ccccc3)CC2)nc(NCc2ccc(CCCCCCC3CCCCC3)cc2)n1. The number of para-hydroxylation sites is 1. The van der Waals surface area contributed by atoms with E-state index in [0.717, 1.165) is 69.7 Å². The van der Waals surface area contributed by atoms with Crippen LogP contribution in [0, 0.1) is 5.92 Å². The first kappa shape index (κ1) is 32.1. The van der Waals surface area contributed by atoms with E-state index >= 15 is 0 Å². The van der Waals surface area contributed by atoms with Crippen LogP contribution in [-0.4, -0.2) is 54.2 Å². The molecular weight excluding hydrogens is 544 g/mol. The maximum Gasteiger partial charge on any atom is 0.226 e. The number of nitrogens with zero attached hydrogens (tertiary/aromatic N) is 4. The summed E-state index contributed by atoms with van der Waals surface area (Å²) in [7, 11) is 0. The zero-order valence-electron chi connectivity index (χ0n) is 26.8. The van der Waals surface area contributed by atoms with Gasteiger partial charge in [0.1, 0.15) is 17.4 Å². The maximum absolute atomic E-state index is 6.19. The number of nitrogens with two attached hydrogens (primary N) is 1. The number of ether oxygens (including phenoxy) is 1. The molecule has 0 amide bonds. The molecule has 2 aliphatic rings. The molecule has 2 fully saturated rings. The van der Waals surface area contributed by atoms with Crippen molar-refractivity contribution < 1.29 is 4.74 Å². The van der Waals surface area contributed by atoms with E-state index in [4.69, 9.17) is 15.5 Å². The van der Waals surface area contributed by atoms with Crippen molar-refractivity contribution in [3.8, 4) is 5.75 Å². The Hall–Kier alpha value is -3.32. The Balaban J connectivity index is 0.963. The fourth-order valence-electron chi connectivity index (χ4n) is 6.63. The van der Waals surface area contributed by atoms with Crippen LogP contribution in [0.15, 0.2) is 60.7 Å². The van der Waals surface area contributed by atoms with Crippen molar-refractivity contribution in [1.82, 2.24) is 14.9 Å². The van der Waals surface area contributed by atoms with Crippen LogP contribution in [-0.2, 0) is 13.0 Å². The molecule has 1 aliphatic carbocycles. The number of aryl methyl sites for hydroxylation is 1. The van der Waals surface area contributed by atoms with E-state index in [9.17, 15) is 0 Å². The molecule has 0 unspecified atom stereocenters. The third kappa shape index (κ3) is 11.0. The minimum Gasteiger partial charge on any atom is -0.494 e. The monoisotopic (exact) mass is 598 g/mol. The second-order valence-corrected chi connectivity index (χ2v) is 12.8. The second-order valence-electron chi connectivity index (χ2n) is 12.8. The van der Waals surface area contributed by atoms with Gasteiger partial charge < -0.3 is 20.7 Å². The summed E-state index contributed by atoms with van der Waals surface area (Å²) in [5.74, 6) is 3.99. The van der Waals surface area contributed by atoms with Gasteiger partial charge in [-0.2, -0.15) is 9.97 Å². The molecule has 7 heteroatoms. The van der Waals surface area contributed by atoms with Gasteiger partial charge in [0.15, 0.2) is 0 Å². The van der Waals surface area contributed by atoms with Crippen LogP contribution in [0.2, 0.25) is 0 Å². The highest BCUT2D eigenvalue weighted by Crippen LogP contribution is 2.28. The van der Waals surface area contributed by atoms with Gasteiger partial charge in [-0.05, 0) is 61.4 Å². The summed E-state index contributed by atoms with van der Waals surface area (Å²) >= 11 is 0. The first-order chi connectivity index (χ1) is 21.7. The van der Waals surface area contributed by atoms with Gasteiger partial charge in [-0.25, -0.2) is 0 Å². The van der Waals surface area contributed by atoms with Crippen LogP contribution in [0.25, 0.3) is 0 Å². The Morgan fingerprint density at radius 2 is 1.52 bits per heavy atom. The van der Waals surface area contributed by atoms with Gasteiger partial charge in [-0.3, -0.25) is 4.90 Å². The van der Waals surface area contributed by atoms with E-state index in [2.05, 4.69) is 44.4 Å². The van der Waals surface area contributed by atoms with Gasteiger partial charge in [0, 0.05) is 38.8 Å². The van der Waals surface area contributed by atoms with Gasteiger partial charge >= 0.3 is 0 Å². The number of aromatic nitrogens is 2. The molecule has 2 heterocycles. The fourth-order valence-corrected chi connectivity index (χ4v) is 6.63. The van der Waals surface area contributed by atoms with Crippen molar-refractivity contribution in [1.29, 1.82) is 0 Å². The van der Waals surface area contributed by atoms with E-state index < -0.39 is 0 Å². The topological polar surface area (TPSA) is 79.5 Å². The molecule has 0 atom stereocenters. The number of piperazine rings is 1. The largest absolute Gasteiger partial charge is 0.494 e. The van der Waals surface area contributed by atoms with Crippen molar-refractivity contribution in [3.63, 3.8) is 0 Å². The molecule has 1 saturated carbocycles. The number of nitrogens with one attached hydrogen (secondary N) is 1. The Bertz CT molecular complexity index is 1210. The molecule has 1 saturated heterocycles. The van der Waals surface area contributed by atoms with E-state index in [0.29, 0.717) is 18.3 Å². The lowest BCUT2D eigenvalue weighted by molar-refractivity contribution is 0.238. The van der Waals surface area contributed by atoms with Crippen molar-refractivity contribution in [2.24, 2.45) is 5.92 Å². The molecule has 3 aromatic rings. The van der Waals surface area contributed by atoms with Gasteiger partial charge in [-0.15, -0.1) is 0 Å². The highest BCUT2D eigenvalue weighted by molar-refractivity contribution is 5.52. The summed E-state index contributed by atoms with van der Waals surface area (Å²) in [5, 5.41) is 3.40. The number of rotatable bonds is 17. The van der Waals surface area contributed by atoms with Crippen LogP contribution < -0.4 is 20.7 Å². The third-order valence-corrected chi connectivity index (χ3v) is 9.34. The van der Waals surface area contributed by atoms with Crippen LogP contribution in [0.5, 0.6) is 5.75 Å². The first-order valence-corrected chi connectivity index (χ1v) is 17.3. The zero-order chi connectivity index (χ0) is 30.2. The lowest BCUT2D eigenvalue weighted by Crippen LogP contribution is -2.47. The zero-order valence-corrected chi connectivity index (χ0v) is 26.8. The average Bonchev–Trinajstić information content (AvgIpc) is 3.07. The summed E-state index contributed by atoms with van der Waals surface area (Å²) in [6.07, 6.45) is 17.7. The Morgan fingerprint density at radius 3 is 2.32 bits per heavy atom. The predicted octanol–water partition coefficient (Wildman–Crippen LogP) is 7.73. The fraction of sp³-hybridized carbons (Fsp3) is 0.568. The Kier molecular flexibility index (Phi) is 13.0. The molecule has 2 aromatic carbocycles. The van der Waals surface area contributed by atoms with Crippen molar-refractivity contribution in [2.75, 3.05) is 55.3 Å². The lowest BCUT2D eigenvalue weighted by atomic mass is 9.85. The van der Waals surface area contributed by atoms with E-state index in [1.807, 2.05) is 36.4 Å². The molecular formula is C37H54N6O. The first-order valence-electron chi connectivity index (χ1n) is 17.3. The minimum absolute atomic E-state index is 0.507. The summed E-state index contributed by atoms with van der Waals surface area (Å²) in [6, 6.07) is 21.0. The third-order valence-electron chi connectivity index (χ3n) is 9.34. The minimum atomic E-state index is 0.507. The van der Waals surface area contributed by atoms with E-state index in [1.54, 1.807) is 0 Å². The Labute approximate surface area is 265 Å². The van der Waals surface area contributed by atoms with Crippen LogP contribution in [0.3, 0.4) is 0 Å². The number of unbranched alkanes of at least 4 members (excludes halogenated alkanes) is 4. The van der Waals surface area contributed by atoms with Crippen molar-refractivity contribution >= 4 is 17.6 Å². The molecule has 7 nitrogen and oxygen atoms in total.